The van der Waals surface area contributed by atoms with E-state index in [1.807, 2.05) is 61.7 Å². The number of anilines is 1. The summed E-state index contributed by atoms with van der Waals surface area (Å²) in [5.41, 5.74) is 5.11. The van der Waals surface area contributed by atoms with E-state index in [0.29, 0.717) is 13.2 Å². The SMILES string of the molecule is Cc1cc(C)c(C(=O)C(C)Sc2nnc(N3CCOCC3)n2-c2ccccc2)cc1C. The Morgan fingerprint density at radius 3 is 2.39 bits per heavy atom. The number of carbonyl (C=O) groups excluding carboxylic acids is 1. The van der Waals surface area contributed by atoms with E-state index in [9.17, 15) is 4.79 Å². The maximum absolute atomic E-state index is 13.3. The molecule has 1 fully saturated rings. The molecule has 0 aliphatic carbocycles. The summed E-state index contributed by atoms with van der Waals surface area (Å²) in [5.74, 6) is 0.903. The molecule has 0 bridgehead atoms. The molecule has 1 atom stereocenters. The number of thioether (sulfide) groups is 1. The molecule has 31 heavy (non-hydrogen) atoms. The number of carbonyl (C=O) groups is 1. The molecule has 0 saturated carbocycles. The highest BCUT2D eigenvalue weighted by Gasteiger charge is 2.26. The molecule has 0 N–H and O–H groups in total. The number of nitrogens with zero attached hydrogens (tertiary/aromatic N) is 4. The lowest BCUT2D eigenvalue weighted by Crippen LogP contribution is -2.37. The number of hydrogen-bond acceptors (Lipinski definition) is 6. The zero-order chi connectivity index (χ0) is 22.0. The molecule has 6 nitrogen and oxygen atoms in total. The van der Waals surface area contributed by atoms with Gasteiger partial charge in [-0.3, -0.25) is 9.36 Å². The minimum atomic E-state index is -0.287. The standard InChI is InChI=1S/C24H28N4O2S/c1-16-14-18(3)21(15-17(16)2)22(29)19(4)31-24-26-25-23(27-10-12-30-13-11-27)28(24)20-8-6-5-7-9-20/h5-9,14-15,19H,10-13H2,1-4H3. The molecular formula is C24H28N4O2S. The number of ether oxygens (including phenoxy) is 1. The molecule has 1 unspecified atom stereocenters. The molecule has 0 spiro atoms. The van der Waals surface area contributed by atoms with Gasteiger partial charge in [0.25, 0.3) is 0 Å². The number of aromatic nitrogens is 3. The number of hydrogen-bond donors (Lipinski definition) is 0. The van der Waals surface area contributed by atoms with E-state index in [0.717, 1.165) is 46.6 Å². The Bertz CT molecular complexity index is 1070. The molecular weight excluding hydrogens is 408 g/mol. The van der Waals surface area contributed by atoms with Crippen LogP contribution in [0.3, 0.4) is 0 Å². The number of para-hydroxylation sites is 1. The fourth-order valence-electron chi connectivity index (χ4n) is 3.77. The molecule has 2 heterocycles. The van der Waals surface area contributed by atoms with Crippen molar-refractivity contribution in [3.8, 4) is 5.69 Å². The monoisotopic (exact) mass is 436 g/mol. The lowest BCUT2D eigenvalue weighted by atomic mass is 9.97. The average molecular weight is 437 g/mol. The van der Waals surface area contributed by atoms with E-state index in [4.69, 9.17) is 4.74 Å². The fourth-order valence-corrected chi connectivity index (χ4v) is 4.70. The predicted octanol–water partition coefficient (Wildman–Crippen LogP) is 4.39. The van der Waals surface area contributed by atoms with E-state index in [1.54, 1.807) is 0 Å². The minimum Gasteiger partial charge on any atom is -0.378 e. The van der Waals surface area contributed by atoms with E-state index >= 15 is 0 Å². The molecule has 1 aliphatic heterocycles. The van der Waals surface area contributed by atoms with Crippen LogP contribution in [0.5, 0.6) is 0 Å². The van der Waals surface area contributed by atoms with E-state index < -0.39 is 0 Å². The van der Waals surface area contributed by atoms with Crippen LogP contribution in [0.1, 0.15) is 34.0 Å². The Kier molecular flexibility index (Phi) is 6.43. The van der Waals surface area contributed by atoms with Crippen LogP contribution in [0.2, 0.25) is 0 Å². The third-order valence-corrected chi connectivity index (χ3v) is 6.72. The van der Waals surface area contributed by atoms with Gasteiger partial charge in [-0.2, -0.15) is 0 Å². The highest BCUT2D eigenvalue weighted by Crippen LogP contribution is 2.31. The molecule has 1 aromatic heterocycles. The fraction of sp³-hybridized carbons (Fsp3) is 0.375. The third-order valence-electron chi connectivity index (χ3n) is 5.68. The largest absolute Gasteiger partial charge is 0.378 e. The lowest BCUT2D eigenvalue weighted by Gasteiger charge is -2.28. The minimum absolute atomic E-state index is 0.112. The van der Waals surface area contributed by atoms with Gasteiger partial charge in [-0.15, -0.1) is 10.2 Å². The van der Waals surface area contributed by atoms with Gasteiger partial charge < -0.3 is 9.64 Å². The van der Waals surface area contributed by atoms with Crippen molar-refractivity contribution in [3.05, 3.63) is 64.7 Å². The molecule has 2 aromatic carbocycles. The molecule has 4 rings (SSSR count). The van der Waals surface area contributed by atoms with Gasteiger partial charge in [-0.25, -0.2) is 0 Å². The quantitative estimate of drug-likeness (QED) is 0.422. The van der Waals surface area contributed by atoms with Crippen LogP contribution in [0.25, 0.3) is 5.69 Å². The number of rotatable bonds is 6. The third kappa shape index (κ3) is 4.52. The highest BCUT2D eigenvalue weighted by atomic mass is 32.2. The smallest absolute Gasteiger partial charge is 0.232 e. The van der Waals surface area contributed by atoms with Crippen molar-refractivity contribution in [2.24, 2.45) is 0 Å². The Morgan fingerprint density at radius 2 is 1.68 bits per heavy atom. The molecule has 0 amide bonds. The van der Waals surface area contributed by atoms with Gasteiger partial charge in [0.05, 0.1) is 24.2 Å². The summed E-state index contributed by atoms with van der Waals surface area (Å²) in [6, 6.07) is 14.2. The number of Topliss-reactive ketones (excluding diaryl/α,β-unsaturated/α-hetero) is 1. The van der Waals surface area contributed by atoms with Crippen LogP contribution in [-0.4, -0.2) is 52.1 Å². The highest BCUT2D eigenvalue weighted by molar-refractivity contribution is 8.00. The molecule has 1 saturated heterocycles. The Hall–Kier alpha value is -2.64. The van der Waals surface area contributed by atoms with Crippen molar-refractivity contribution < 1.29 is 9.53 Å². The van der Waals surface area contributed by atoms with E-state index in [1.165, 1.54) is 17.3 Å². The summed E-state index contributed by atoms with van der Waals surface area (Å²) in [7, 11) is 0. The number of benzene rings is 2. The van der Waals surface area contributed by atoms with Crippen LogP contribution < -0.4 is 4.90 Å². The Labute approximate surface area is 187 Å². The number of ketones is 1. The summed E-state index contributed by atoms with van der Waals surface area (Å²) in [6.45, 7) is 10.9. The van der Waals surface area contributed by atoms with Gasteiger partial charge in [0.1, 0.15) is 0 Å². The van der Waals surface area contributed by atoms with Gasteiger partial charge in [-0.05, 0) is 62.6 Å². The second-order valence-corrected chi connectivity index (χ2v) is 9.24. The summed E-state index contributed by atoms with van der Waals surface area (Å²) < 4.78 is 7.55. The van der Waals surface area contributed by atoms with Gasteiger partial charge in [0, 0.05) is 18.7 Å². The summed E-state index contributed by atoms with van der Waals surface area (Å²) in [6.07, 6.45) is 0. The van der Waals surface area contributed by atoms with Crippen molar-refractivity contribution in [2.75, 3.05) is 31.2 Å². The van der Waals surface area contributed by atoms with Crippen LogP contribution in [0.4, 0.5) is 5.95 Å². The van der Waals surface area contributed by atoms with Crippen LogP contribution >= 0.6 is 11.8 Å². The summed E-state index contributed by atoms with van der Waals surface area (Å²) in [5, 5.41) is 9.41. The van der Waals surface area contributed by atoms with Crippen molar-refractivity contribution in [2.45, 2.75) is 38.1 Å². The van der Waals surface area contributed by atoms with Gasteiger partial charge >= 0.3 is 0 Å². The van der Waals surface area contributed by atoms with Crippen molar-refractivity contribution >= 4 is 23.5 Å². The average Bonchev–Trinajstić information content (AvgIpc) is 3.20. The van der Waals surface area contributed by atoms with Crippen LogP contribution in [0, 0.1) is 20.8 Å². The molecule has 162 valence electrons. The first-order valence-corrected chi connectivity index (χ1v) is 11.5. The maximum atomic E-state index is 13.3. The van der Waals surface area contributed by atoms with Gasteiger partial charge in [0.15, 0.2) is 10.9 Å². The first-order chi connectivity index (χ1) is 15.0. The van der Waals surface area contributed by atoms with Gasteiger partial charge in [0.2, 0.25) is 5.95 Å². The molecule has 3 aromatic rings. The molecule has 1 aliphatic rings. The van der Waals surface area contributed by atoms with Crippen molar-refractivity contribution in [3.63, 3.8) is 0 Å². The zero-order valence-electron chi connectivity index (χ0n) is 18.5. The topological polar surface area (TPSA) is 60.3 Å². The first-order valence-electron chi connectivity index (χ1n) is 10.6. The Morgan fingerprint density at radius 1 is 1.00 bits per heavy atom. The molecule has 0 radical (unpaired) electrons. The van der Waals surface area contributed by atoms with E-state index in [-0.39, 0.29) is 11.0 Å². The maximum Gasteiger partial charge on any atom is 0.232 e. The van der Waals surface area contributed by atoms with Gasteiger partial charge in [-0.1, -0.05) is 36.0 Å². The summed E-state index contributed by atoms with van der Waals surface area (Å²) >= 11 is 1.45. The van der Waals surface area contributed by atoms with Crippen molar-refractivity contribution in [1.29, 1.82) is 0 Å². The first kappa shape index (κ1) is 21.6. The second-order valence-electron chi connectivity index (χ2n) is 7.93. The normalized spacial score (nSPS) is 15.2. The number of morpholine rings is 1. The van der Waals surface area contributed by atoms with E-state index in [2.05, 4.69) is 28.1 Å². The van der Waals surface area contributed by atoms with Crippen LogP contribution in [0.15, 0.2) is 47.6 Å². The predicted molar refractivity (Wildman–Crippen MR) is 125 cm³/mol. The van der Waals surface area contributed by atoms with Crippen LogP contribution in [-0.2, 0) is 4.74 Å². The number of aryl methyl sites for hydroxylation is 3. The zero-order valence-corrected chi connectivity index (χ0v) is 19.3. The summed E-state index contributed by atoms with van der Waals surface area (Å²) in [4.78, 5) is 15.5. The van der Waals surface area contributed by atoms with Crippen molar-refractivity contribution in [1.82, 2.24) is 14.8 Å². The lowest BCUT2D eigenvalue weighted by molar-refractivity contribution is 0.0993. The Balaban J connectivity index is 1.66. The second kappa shape index (κ2) is 9.24. The molecule has 7 heteroatoms.